The van der Waals surface area contributed by atoms with Crippen LogP contribution in [0.3, 0.4) is 0 Å². The van der Waals surface area contributed by atoms with Gasteiger partial charge >= 0.3 is 6.18 Å². The summed E-state index contributed by atoms with van der Waals surface area (Å²) in [4.78, 5) is 14.3. The van der Waals surface area contributed by atoms with E-state index in [1.165, 1.54) is 12.1 Å². The van der Waals surface area contributed by atoms with Crippen molar-refractivity contribution in [2.45, 2.75) is 50.9 Å². The maximum Gasteiger partial charge on any atom is 0.416 e. The number of halogens is 3. The molecule has 142 valence electrons. The topological polar surface area (TPSA) is 32.3 Å². The van der Waals surface area contributed by atoms with E-state index in [2.05, 4.69) is 22.4 Å². The molecule has 0 bridgehead atoms. The summed E-state index contributed by atoms with van der Waals surface area (Å²) in [5.74, 6) is 0.480. The average Bonchev–Trinajstić information content (AvgIpc) is 3.09. The molecule has 1 N–H and O–H groups in total. The van der Waals surface area contributed by atoms with Crippen molar-refractivity contribution < 1.29 is 18.0 Å². The Bertz CT molecular complexity index is 649. The zero-order valence-electron chi connectivity index (χ0n) is 14.8. The molecule has 1 atom stereocenters. The Morgan fingerprint density at radius 2 is 1.96 bits per heavy atom. The predicted octanol–water partition coefficient (Wildman–Crippen LogP) is 4.14. The molecule has 0 spiro atoms. The van der Waals surface area contributed by atoms with Crippen molar-refractivity contribution in [3.05, 3.63) is 47.5 Å². The lowest BCUT2D eigenvalue weighted by molar-refractivity contribution is -0.137. The molecular formula is C20H25F3N2O. The molecular weight excluding hydrogens is 341 g/mol. The minimum atomic E-state index is -4.30. The second kappa shape index (κ2) is 8.25. The highest BCUT2D eigenvalue weighted by Crippen LogP contribution is 2.30. The van der Waals surface area contributed by atoms with E-state index in [4.69, 9.17) is 0 Å². The highest BCUT2D eigenvalue weighted by molar-refractivity contribution is 5.76. The zero-order valence-corrected chi connectivity index (χ0v) is 14.8. The van der Waals surface area contributed by atoms with Crippen LogP contribution < -0.4 is 5.32 Å². The summed E-state index contributed by atoms with van der Waals surface area (Å²) in [5.41, 5.74) is 0.0773. The minimum absolute atomic E-state index is 0.109. The maximum atomic E-state index is 12.8. The second-order valence-electron chi connectivity index (χ2n) is 7.29. The van der Waals surface area contributed by atoms with Crippen LogP contribution in [0, 0.1) is 5.92 Å². The number of likely N-dealkylation sites (tertiary alicyclic amines) is 1. The molecule has 0 radical (unpaired) electrons. The largest absolute Gasteiger partial charge is 0.416 e. The summed E-state index contributed by atoms with van der Waals surface area (Å²) in [6.45, 7) is 2.08. The van der Waals surface area contributed by atoms with E-state index < -0.39 is 11.7 Å². The number of benzene rings is 1. The first-order valence-corrected chi connectivity index (χ1v) is 9.24. The number of alkyl halides is 3. The van der Waals surface area contributed by atoms with Gasteiger partial charge in [-0.1, -0.05) is 30.4 Å². The molecule has 3 rings (SSSR count). The van der Waals surface area contributed by atoms with Crippen LogP contribution in [0.5, 0.6) is 0 Å². The Morgan fingerprint density at radius 3 is 2.62 bits per heavy atom. The normalized spacial score (nSPS) is 21.9. The summed E-state index contributed by atoms with van der Waals surface area (Å²) >= 11 is 0. The molecule has 1 heterocycles. The van der Waals surface area contributed by atoms with Crippen LogP contribution in [0.25, 0.3) is 0 Å². The quantitative estimate of drug-likeness (QED) is 0.795. The van der Waals surface area contributed by atoms with Crippen LogP contribution in [0.2, 0.25) is 0 Å². The summed E-state index contributed by atoms with van der Waals surface area (Å²) in [7, 11) is 0. The van der Waals surface area contributed by atoms with E-state index >= 15 is 0 Å². The van der Waals surface area contributed by atoms with E-state index in [0.717, 1.165) is 44.8 Å². The number of carbonyl (C=O) groups is 1. The molecule has 26 heavy (non-hydrogen) atoms. The number of rotatable bonds is 5. The predicted molar refractivity (Wildman–Crippen MR) is 94.4 cm³/mol. The molecule has 0 unspecified atom stereocenters. The Kier molecular flexibility index (Phi) is 6.01. The average molecular weight is 366 g/mol. The smallest absolute Gasteiger partial charge is 0.353 e. The molecule has 3 nitrogen and oxygen atoms in total. The molecule has 1 aromatic rings. The van der Waals surface area contributed by atoms with Crippen LogP contribution in [-0.4, -0.2) is 29.9 Å². The van der Waals surface area contributed by atoms with E-state index in [9.17, 15) is 18.0 Å². The van der Waals surface area contributed by atoms with Gasteiger partial charge < -0.3 is 5.32 Å². The van der Waals surface area contributed by atoms with Crippen molar-refractivity contribution in [3.63, 3.8) is 0 Å². The van der Waals surface area contributed by atoms with Gasteiger partial charge in [0.25, 0.3) is 0 Å². The van der Waals surface area contributed by atoms with Crippen molar-refractivity contribution in [3.8, 4) is 0 Å². The molecule has 6 heteroatoms. The third-order valence-corrected chi connectivity index (χ3v) is 5.17. The fourth-order valence-electron chi connectivity index (χ4n) is 3.73. The summed E-state index contributed by atoms with van der Waals surface area (Å²) in [6, 6.07) is 5.69. The van der Waals surface area contributed by atoms with Gasteiger partial charge in [-0.15, -0.1) is 0 Å². The van der Waals surface area contributed by atoms with Gasteiger partial charge in [0.2, 0.25) is 5.91 Å². The van der Waals surface area contributed by atoms with Gasteiger partial charge in [0.05, 0.1) is 5.56 Å². The summed E-state index contributed by atoms with van der Waals surface area (Å²) in [5, 5.41) is 3.11. The highest BCUT2D eigenvalue weighted by Gasteiger charge is 2.30. The number of piperidine rings is 1. The van der Waals surface area contributed by atoms with Crippen molar-refractivity contribution in [1.29, 1.82) is 0 Å². The second-order valence-corrected chi connectivity index (χ2v) is 7.29. The van der Waals surface area contributed by atoms with E-state index in [1.54, 1.807) is 6.07 Å². The Hall–Kier alpha value is -1.82. The molecule has 1 fully saturated rings. The first kappa shape index (κ1) is 19.0. The van der Waals surface area contributed by atoms with Crippen LogP contribution in [0.4, 0.5) is 13.2 Å². The van der Waals surface area contributed by atoms with E-state index in [-0.39, 0.29) is 11.9 Å². The molecule has 1 amide bonds. The van der Waals surface area contributed by atoms with Crippen LogP contribution in [0.1, 0.15) is 43.2 Å². The zero-order chi connectivity index (χ0) is 18.6. The Labute approximate surface area is 152 Å². The van der Waals surface area contributed by atoms with Crippen LogP contribution >= 0.6 is 0 Å². The standard InChI is InChI=1S/C20H25F3N2O/c21-20(22,23)17-7-3-6-16(12-17)14-25-10-8-18(9-11-25)24-19(26)13-15-4-1-2-5-15/h1,3-4,6-7,12,15,18H,2,5,8-11,13-14H2,(H,24,26)/t15-/m1/s1. The highest BCUT2D eigenvalue weighted by atomic mass is 19.4. The van der Waals surface area contributed by atoms with Crippen molar-refractivity contribution in [2.24, 2.45) is 5.92 Å². The number of allylic oxidation sites excluding steroid dienone is 2. The monoisotopic (exact) mass is 366 g/mol. The van der Waals surface area contributed by atoms with Crippen LogP contribution in [-0.2, 0) is 17.5 Å². The first-order chi connectivity index (χ1) is 12.4. The fourth-order valence-corrected chi connectivity index (χ4v) is 3.73. The van der Waals surface area contributed by atoms with Gasteiger partial charge in [0, 0.05) is 32.1 Å². The lowest BCUT2D eigenvalue weighted by Gasteiger charge is -2.32. The third-order valence-electron chi connectivity index (χ3n) is 5.17. The maximum absolute atomic E-state index is 12.8. The van der Waals surface area contributed by atoms with E-state index in [0.29, 0.717) is 24.4 Å². The molecule has 2 aliphatic rings. The number of carbonyl (C=O) groups excluding carboxylic acids is 1. The number of nitrogens with zero attached hydrogens (tertiary/aromatic N) is 1. The van der Waals surface area contributed by atoms with Crippen LogP contribution in [0.15, 0.2) is 36.4 Å². The Morgan fingerprint density at radius 1 is 1.19 bits per heavy atom. The SMILES string of the molecule is O=C(C[C@@H]1C=CCC1)NC1CCN(Cc2cccc(C(F)(F)F)c2)CC1. The molecule has 1 aliphatic heterocycles. The third kappa shape index (κ3) is 5.34. The van der Waals surface area contributed by atoms with Gasteiger partial charge in [-0.3, -0.25) is 9.69 Å². The molecule has 0 aromatic heterocycles. The first-order valence-electron chi connectivity index (χ1n) is 9.24. The van der Waals surface area contributed by atoms with Gasteiger partial charge in [-0.05, 0) is 43.2 Å². The van der Waals surface area contributed by atoms with Crippen molar-refractivity contribution in [2.75, 3.05) is 13.1 Å². The van der Waals surface area contributed by atoms with Gasteiger partial charge in [-0.25, -0.2) is 0 Å². The van der Waals surface area contributed by atoms with E-state index in [1.807, 2.05) is 0 Å². The van der Waals surface area contributed by atoms with Gasteiger partial charge in [0.1, 0.15) is 0 Å². The molecule has 0 saturated carbocycles. The lowest BCUT2D eigenvalue weighted by Crippen LogP contribution is -2.44. The number of hydrogen-bond acceptors (Lipinski definition) is 2. The van der Waals surface area contributed by atoms with Gasteiger partial charge in [-0.2, -0.15) is 13.2 Å². The minimum Gasteiger partial charge on any atom is -0.353 e. The number of hydrogen-bond donors (Lipinski definition) is 1. The summed E-state index contributed by atoms with van der Waals surface area (Å²) < 4.78 is 38.4. The van der Waals surface area contributed by atoms with Gasteiger partial charge in [0.15, 0.2) is 0 Å². The molecule has 1 aromatic carbocycles. The van der Waals surface area contributed by atoms with Crippen molar-refractivity contribution in [1.82, 2.24) is 10.2 Å². The van der Waals surface area contributed by atoms with Crippen molar-refractivity contribution >= 4 is 5.91 Å². The fraction of sp³-hybridized carbons (Fsp3) is 0.550. The lowest BCUT2D eigenvalue weighted by atomic mass is 10.0. The molecule has 1 aliphatic carbocycles. The molecule has 1 saturated heterocycles. The Balaban J connectivity index is 1.44. The number of amides is 1. The number of nitrogens with one attached hydrogen (secondary N) is 1. The summed E-state index contributed by atoms with van der Waals surface area (Å²) in [6.07, 6.45) is 4.30.